The van der Waals surface area contributed by atoms with E-state index in [1.54, 1.807) is 38.3 Å². The van der Waals surface area contributed by atoms with Gasteiger partial charge in [-0.05, 0) is 49.6 Å². The largest absolute Gasteiger partial charge is 0.493 e. The molecule has 2 rings (SSSR count). The van der Waals surface area contributed by atoms with Gasteiger partial charge in [-0.2, -0.15) is 0 Å². The normalized spacial score (nSPS) is 10.5. The van der Waals surface area contributed by atoms with Crippen molar-refractivity contribution < 1.29 is 23.7 Å². The summed E-state index contributed by atoms with van der Waals surface area (Å²) in [6.07, 6.45) is 2.61. The number of nitrogens with zero attached hydrogens (tertiary/aromatic N) is 1. The number of rotatable bonds is 12. The SMILES string of the molecule is CCCCOc1c(Cl)cc(C(=O)N(C)CCc2ccc(OC)c(OC)c2)cc1OCC. The molecule has 0 unspecified atom stereocenters. The Morgan fingerprint density at radius 3 is 2.39 bits per heavy atom. The molecule has 0 spiro atoms. The van der Waals surface area contributed by atoms with Crippen LogP contribution in [0.5, 0.6) is 23.0 Å². The van der Waals surface area contributed by atoms with Crippen LogP contribution in [0.1, 0.15) is 42.6 Å². The van der Waals surface area contributed by atoms with Crippen molar-refractivity contribution in [2.45, 2.75) is 33.1 Å². The van der Waals surface area contributed by atoms with Crippen molar-refractivity contribution in [3.63, 3.8) is 0 Å². The maximum absolute atomic E-state index is 13.0. The molecule has 1 amide bonds. The van der Waals surface area contributed by atoms with Gasteiger partial charge in [0.1, 0.15) is 0 Å². The summed E-state index contributed by atoms with van der Waals surface area (Å²) in [7, 11) is 4.97. The second kappa shape index (κ2) is 12.3. The highest BCUT2D eigenvalue weighted by atomic mass is 35.5. The van der Waals surface area contributed by atoms with E-state index in [2.05, 4.69) is 6.92 Å². The Kier molecular flexibility index (Phi) is 9.79. The minimum atomic E-state index is -0.136. The van der Waals surface area contributed by atoms with E-state index in [9.17, 15) is 4.79 Å². The highest BCUT2D eigenvalue weighted by molar-refractivity contribution is 6.32. The Balaban J connectivity index is 2.12. The third kappa shape index (κ3) is 6.69. The fourth-order valence-electron chi connectivity index (χ4n) is 3.07. The lowest BCUT2D eigenvalue weighted by atomic mass is 10.1. The van der Waals surface area contributed by atoms with Gasteiger partial charge in [-0.25, -0.2) is 0 Å². The minimum Gasteiger partial charge on any atom is -0.493 e. The fraction of sp³-hybridized carbons (Fsp3) is 0.458. The first-order chi connectivity index (χ1) is 14.9. The number of carbonyl (C=O) groups is 1. The summed E-state index contributed by atoms with van der Waals surface area (Å²) in [5.74, 6) is 2.18. The molecule has 0 N–H and O–H groups in total. The summed E-state index contributed by atoms with van der Waals surface area (Å²) in [4.78, 5) is 14.7. The van der Waals surface area contributed by atoms with Crippen LogP contribution < -0.4 is 18.9 Å². The average molecular weight is 450 g/mol. The van der Waals surface area contributed by atoms with E-state index in [0.29, 0.717) is 59.8 Å². The number of carbonyl (C=O) groups excluding carboxylic acids is 1. The van der Waals surface area contributed by atoms with Crippen LogP contribution in [0.4, 0.5) is 0 Å². The maximum atomic E-state index is 13.0. The summed E-state index contributed by atoms with van der Waals surface area (Å²) in [5.41, 5.74) is 1.51. The molecular weight excluding hydrogens is 418 g/mol. The molecule has 0 aliphatic rings. The van der Waals surface area contributed by atoms with E-state index in [4.69, 9.17) is 30.5 Å². The van der Waals surface area contributed by atoms with Crippen LogP contribution in [0.3, 0.4) is 0 Å². The molecule has 0 atom stereocenters. The smallest absolute Gasteiger partial charge is 0.253 e. The van der Waals surface area contributed by atoms with Gasteiger partial charge in [0.2, 0.25) is 0 Å². The van der Waals surface area contributed by atoms with E-state index in [1.807, 2.05) is 25.1 Å². The Morgan fingerprint density at radius 1 is 1.00 bits per heavy atom. The summed E-state index contributed by atoms with van der Waals surface area (Å²) >= 11 is 6.43. The summed E-state index contributed by atoms with van der Waals surface area (Å²) in [5, 5.41) is 0.374. The summed E-state index contributed by atoms with van der Waals surface area (Å²) < 4.78 is 22.1. The van der Waals surface area contributed by atoms with Crippen molar-refractivity contribution >= 4 is 17.5 Å². The van der Waals surface area contributed by atoms with Crippen molar-refractivity contribution in [2.24, 2.45) is 0 Å². The van der Waals surface area contributed by atoms with E-state index >= 15 is 0 Å². The second-order valence-electron chi connectivity index (χ2n) is 7.09. The number of hydrogen-bond donors (Lipinski definition) is 0. The molecule has 0 heterocycles. The molecular formula is C24H32ClNO5. The van der Waals surface area contributed by atoms with E-state index in [-0.39, 0.29) is 5.91 Å². The third-order valence-electron chi connectivity index (χ3n) is 4.83. The molecule has 0 aliphatic carbocycles. The topological polar surface area (TPSA) is 57.2 Å². The summed E-state index contributed by atoms with van der Waals surface area (Å²) in [6.45, 7) is 5.51. The van der Waals surface area contributed by atoms with Crippen molar-refractivity contribution in [3.05, 3.63) is 46.5 Å². The molecule has 0 radical (unpaired) electrons. The molecule has 2 aromatic carbocycles. The summed E-state index contributed by atoms with van der Waals surface area (Å²) in [6, 6.07) is 9.09. The predicted octanol–water partition coefficient (Wildman–Crippen LogP) is 5.25. The van der Waals surface area contributed by atoms with Gasteiger partial charge in [0.25, 0.3) is 5.91 Å². The van der Waals surface area contributed by atoms with Crippen LogP contribution in [0.2, 0.25) is 5.02 Å². The molecule has 7 heteroatoms. The van der Waals surface area contributed by atoms with Crippen LogP contribution in [-0.4, -0.2) is 51.8 Å². The van der Waals surface area contributed by atoms with Crippen molar-refractivity contribution in [1.29, 1.82) is 0 Å². The Bertz CT molecular complexity index is 871. The van der Waals surface area contributed by atoms with Gasteiger partial charge < -0.3 is 23.8 Å². The van der Waals surface area contributed by atoms with Crippen molar-refractivity contribution in [2.75, 3.05) is 41.0 Å². The molecule has 2 aromatic rings. The minimum absolute atomic E-state index is 0.136. The van der Waals surface area contributed by atoms with Gasteiger partial charge >= 0.3 is 0 Å². The Hall–Kier alpha value is -2.60. The Morgan fingerprint density at radius 2 is 1.74 bits per heavy atom. The lowest BCUT2D eigenvalue weighted by Crippen LogP contribution is -2.29. The van der Waals surface area contributed by atoms with Crippen LogP contribution in [0, 0.1) is 0 Å². The van der Waals surface area contributed by atoms with E-state index < -0.39 is 0 Å². The zero-order valence-electron chi connectivity index (χ0n) is 19.0. The first kappa shape index (κ1) is 24.7. The molecule has 170 valence electrons. The monoisotopic (exact) mass is 449 g/mol. The molecule has 31 heavy (non-hydrogen) atoms. The standard InChI is InChI=1S/C24H32ClNO5/c1-6-8-13-31-23-19(25)15-18(16-22(23)30-7-2)24(27)26(3)12-11-17-9-10-20(28-4)21(14-17)29-5/h9-10,14-16H,6-8,11-13H2,1-5H3. The van der Waals surface area contributed by atoms with Gasteiger partial charge in [0.05, 0.1) is 32.5 Å². The van der Waals surface area contributed by atoms with Crippen LogP contribution in [-0.2, 0) is 6.42 Å². The first-order valence-electron chi connectivity index (χ1n) is 10.5. The Labute approximate surface area is 190 Å². The predicted molar refractivity (Wildman–Crippen MR) is 123 cm³/mol. The molecule has 0 saturated carbocycles. The quantitative estimate of drug-likeness (QED) is 0.414. The molecule has 0 fully saturated rings. The first-order valence-corrected chi connectivity index (χ1v) is 10.9. The van der Waals surface area contributed by atoms with Crippen molar-refractivity contribution in [1.82, 2.24) is 4.90 Å². The number of unbranched alkanes of at least 4 members (excludes halogenated alkanes) is 1. The molecule has 0 saturated heterocycles. The number of methoxy groups -OCH3 is 2. The van der Waals surface area contributed by atoms with E-state index in [0.717, 1.165) is 18.4 Å². The number of benzene rings is 2. The molecule has 0 bridgehead atoms. The molecule has 0 aromatic heterocycles. The van der Waals surface area contributed by atoms with E-state index in [1.165, 1.54) is 0 Å². The third-order valence-corrected chi connectivity index (χ3v) is 5.11. The number of hydrogen-bond acceptors (Lipinski definition) is 5. The molecule has 0 aliphatic heterocycles. The zero-order chi connectivity index (χ0) is 22.8. The maximum Gasteiger partial charge on any atom is 0.253 e. The van der Waals surface area contributed by atoms with Crippen LogP contribution in [0.15, 0.2) is 30.3 Å². The lowest BCUT2D eigenvalue weighted by molar-refractivity contribution is 0.0796. The van der Waals surface area contributed by atoms with Crippen molar-refractivity contribution in [3.8, 4) is 23.0 Å². The highest BCUT2D eigenvalue weighted by Crippen LogP contribution is 2.37. The van der Waals surface area contributed by atoms with Crippen LogP contribution in [0.25, 0.3) is 0 Å². The van der Waals surface area contributed by atoms with Gasteiger partial charge in [-0.1, -0.05) is 31.0 Å². The fourth-order valence-corrected chi connectivity index (χ4v) is 3.33. The highest BCUT2D eigenvalue weighted by Gasteiger charge is 2.19. The zero-order valence-corrected chi connectivity index (χ0v) is 19.8. The average Bonchev–Trinajstić information content (AvgIpc) is 2.78. The number of ether oxygens (including phenoxy) is 4. The van der Waals surface area contributed by atoms with Gasteiger partial charge in [0, 0.05) is 19.2 Å². The second-order valence-corrected chi connectivity index (χ2v) is 7.49. The number of halogens is 1. The lowest BCUT2D eigenvalue weighted by Gasteiger charge is -2.20. The van der Waals surface area contributed by atoms with Gasteiger partial charge in [-0.3, -0.25) is 4.79 Å². The number of likely N-dealkylation sites (N-methyl/N-ethyl adjacent to an activating group) is 1. The van der Waals surface area contributed by atoms with Gasteiger partial charge in [-0.15, -0.1) is 0 Å². The van der Waals surface area contributed by atoms with Crippen LogP contribution >= 0.6 is 11.6 Å². The molecule has 6 nitrogen and oxygen atoms in total. The van der Waals surface area contributed by atoms with Gasteiger partial charge in [0.15, 0.2) is 23.0 Å². The number of amides is 1.